The highest BCUT2D eigenvalue weighted by atomic mass is 35.5. The van der Waals surface area contributed by atoms with Gasteiger partial charge in [-0.15, -0.1) is 12.4 Å². The minimum Gasteiger partial charge on any atom is -0.324 e. The number of anilines is 1. The van der Waals surface area contributed by atoms with Gasteiger partial charge in [0, 0.05) is 16.8 Å². The van der Waals surface area contributed by atoms with Gasteiger partial charge in [-0.3, -0.25) is 9.89 Å². The Bertz CT molecular complexity index is 936. The largest absolute Gasteiger partial charge is 0.324 e. The van der Waals surface area contributed by atoms with Gasteiger partial charge in [-0.05, 0) is 73.2 Å². The predicted octanol–water partition coefficient (Wildman–Crippen LogP) is 3.48. The lowest BCUT2D eigenvalue weighted by Gasteiger charge is -2.16. The van der Waals surface area contributed by atoms with E-state index in [4.69, 9.17) is 5.73 Å². The monoisotopic (exact) mass is 383 g/mol. The van der Waals surface area contributed by atoms with Crippen molar-refractivity contribution >= 4 is 24.0 Å². The first-order valence-electron chi connectivity index (χ1n) is 8.88. The van der Waals surface area contributed by atoms with Crippen LogP contribution < -0.4 is 11.1 Å². The lowest BCUT2D eigenvalue weighted by molar-refractivity contribution is 0.102. The third-order valence-electron chi connectivity index (χ3n) is 4.74. The van der Waals surface area contributed by atoms with Crippen molar-refractivity contribution in [1.82, 2.24) is 15.2 Å². The molecule has 0 aliphatic heterocycles. The fraction of sp³-hybridized carbons (Fsp3) is 0.250. The third-order valence-corrected chi connectivity index (χ3v) is 4.74. The molecule has 4 N–H and O–H groups in total. The Morgan fingerprint density at radius 2 is 1.81 bits per heavy atom. The number of fused-ring (bicyclic) bond motifs is 1. The first-order chi connectivity index (χ1) is 12.7. The molecule has 27 heavy (non-hydrogen) atoms. The molecule has 0 unspecified atom stereocenters. The molecule has 1 heterocycles. The van der Waals surface area contributed by atoms with Crippen LogP contribution in [-0.2, 0) is 19.4 Å². The number of nitrogens with one attached hydrogen (secondary N) is 2. The number of benzene rings is 2. The molecule has 1 aliphatic carbocycles. The average molecular weight is 384 g/mol. The number of aromatic nitrogens is 3. The smallest absolute Gasteiger partial charge is 0.255 e. The normalized spacial score (nSPS) is 12.8. The molecule has 7 heteroatoms. The zero-order chi connectivity index (χ0) is 17.9. The Morgan fingerprint density at radius 1 is 1.07 bits per heavy atom. The summed E-state index contributed by atoms with van der Waals surface area (Å²) < 4.78 is 0. The number of aromatic amines is 1. The van der Waals surface area contributed by atoms with Crippen LogP contribution in [0.5, 0.6) is 0 Å². The third kappa shape index (κ3) is 4.18. The number of amides is 1. The van der Waals surface area contributed by atoms with Crippen molar-refractivity contribution in [3.05, 3.63) is 65.0 Å². The molecule has 0 atom stereocenters. The predicted molar refractivity (Wildman–Crippen MR) is 108 cm³/mol. The van der Waals surface area contributed by atoms with Crippen LogP contribution in [0.1, 0.15) is 40.2 Å². The topological polar surface area (TPSA) is 96.7 Å². The molecule has 0 saturated heterocycles. The van der Waals surface area contributed by atoms with Gasteiger partial charge in [-0.25, -0.2) is 4.98 Å². The van der Waals surface area contributed by atoms with Gasteiger partial charge >= 0.3 is 0 Å². The fourth-order valence-corrected chi connectivity index (χ4v) is 3.30. The Balaban J connectivity index is 0.00000210. The van der Waals surface area contributed by atoms with Gasteiger partial charge in [-0.2, -0.15) is 5.10 Å². The molecule has 1 aromatic heterocycles. The van der Waals surface area contributed by atoms with Gasteiger partial charge in [0.05, 0.1) is 6.54 Å². The minimum absolute atomic E-state index is 0. The summed E-state index contributed by atoms with van der Waals surface area (Å²) in [6, 6.07) is 13.5. The minimum atomic E-state index is -0.0885. The molecule has 0 radical (unpaired) electrons. The summed E-state index contributed by atoms with van der Waals surface area (Å²) in [5.41, 5.74) is 10.5. The first kappa shape index (κ1) is 19.1. The van der Waals surface area contributed by atoms with E-state index in [0.717, 1.165) is 24.1 Å². The van der Waals surface area contributed by atoms with E-state index in [-0.39, 0.29) is 18.3 Å². The zero-order valence-electron chi connectivity index (χ0n) is 14.9. The zero-order valence-corrected chi connectivity index (χ0v) is 15.7. The summed E-state index contributed by atoms with van der Waals surface area (Å²) in [7, 11) is 0. The van der Waals surface area contributed by atoms with E-state index < -0.39 is 0 Å². The maximum absolute atomic E-state index is 12.5. The van der Waals surface area contributed by atoms with E-state index in [1.807, 2.05) is 36.4 Å². The number of rotatable bonds is 4. The van der Waals surface area contributed by atoms with E-state index in [9.17, 15) is 4.79 Å². The highest BCUT2D eigenvalue weighted by Crippen LogP contribution is 2.23. The number of hydrogen-bond donors (Lipinski definition) is 3. The highest BCUT2D eigenvalue weighted by molar-refractivity contribution is 6.04. The van der Waals surface area contributed by atoms with Crippen LogP contribution in [0.15, 0.2) is 42.5 Å². The van der Waals surface area contributed by atoms with E-state index in [2.05, 4.69) is 26.6 Å². The second-order valence-electron chi connectivity index (χ2n) is 6.53. The van der Waals surface area contributed by atoms with Crippen LogP contribution in [0, 0.1) is 0 Å². The molecule has 0 fully saturated rings. The summed E-state index contributed by atoms with van der Waals surface area (Å²) in [6.45, 7) is 0.321. The number of halogens is 1. The fourth-order valence-electron chi connectivity index (χ4n) is 3.30. The lowest BCUT2D eigenvalue weighted by Crippen LogP contribution is -2.13. The molecule has 3 aromatic rings. The van der Waals surface area contributed by atoms with Gasteiger partial charge in [0.2, 0.25) is 0 Å². The number of nitrogens with zero attached hydrogens (tertiary/aromatic N) is 2. The molecular formula is C20H22ClN5O. The summed E-state index contributed by atoms with van der Waals surface area (Å²) in [6.07, 6.45) is 4.62. The maximum Gasteiger partial charge on any atom is 0.255 e. The van der Waals surface area contributed by atoms with Crippen molar-refractivity contribution in [2.45, 2.75) is 32.2 Å². The van der Waals surface area contributed by atoms with E-state index in [0.29, 0.717) is 23.8 Å². The SMILES string of the molecule is Cl.NCc1nc(-c2ccc(NC(=O)c3ccc4c(c3)CCCC4)cc2)n[nH]1. The Hall–Kier alpha value is -2.70. The number of hydrogen-bond acceptors (Lipinski definition) is 4. The summed E-state index contributed by atoms with van der Waals surface area (Å²) in [4.78, 5) is 16.8. The maximum atomic E-state index is 12.5. The van der Waals surface area contributed by atoms with Gasteiger partial charge in [0.1, 0.15) is 5.82 Å². The van der Waals surface area contributed by atoms with Crippen LogP contribution in [0.25, 0.3) is 11.4 Å². The Morgan fingerprint density at radius 3 is 2.52 bits per heavy atom. The van der Waals surface area contributed by atoms with Crippen molar-refractivity contribution < 1.29 is 4.79 Å². The summed E-state index contributed by atoms with van der Waals surface area (Å²) in [5.74, 6) is 1.15. The van der Waals surface area contributed by atoms with Crippen molar-refractivity contribution in [3.63, 3.8) is 0 Å². The molecule has 1 aliphatic rings. The standard InChI is InChI=1S/C20H21N5O.ClH/c21-12-18-23-19(25-24-18)14-7-9-17(10-8-14)22-20(26)16-6-5-13-3-1-2-4-15(13)11-16;/h5-11H,1-4,12,21H2,(H,22,26)(H,23,24,25);1H. The van der Waals surface area contributed by atoms with Crippen molar-refractivity contribution in [2.24, 2.45) is 5.73 Å². The lowest BCUT2D eigenvalue weighted by atomic mass is 9.90. The van der Waals surface area contributed by atoms with Crippen LogP contribution in [-0.4, -0.2) is 21.1 Å². The molecule has 0 spiro atoms. The average Bonchev–Trinajstić information content (AvgIpc) is 3.17. The first-order valence-corrected chi connectivity index (χ1v) is 8.88. The van der Waals surface area contributed by atoms with Crippen molar-refractivity contribution in [2.75, 3.05) is 5.32 Å². The van der Waals surface area contributed by atoms with Crippen LogP contribution in [0.4, 0.5) is 5.69 Å². The van der Waals surface area contributed by atoms with Crippen molar-refractivity contribution in [3.8, 4) is 11.4 Å². The van der Waals surface area contributed by atoms with Gasteiger partial charge in [0.15, 0.2) is 5.82 Å². The van der Waals surface area contributed by atoms with E-state index >= 15 is 0 Å². The van der Waals surface area contributed by atoms with Crippen LogP contribution >= 0.6 is 12.4 Å². The molecule has 2 aromatic carbocycles. The summed E-state index contributed by atoms with van der Waals surface area (Å²) in [5, 5.41) is 9.88. The molecule has 4 rings (SSSR count). The number of H-pyrrole nitrogens is 1. The molecule has 140 valence electrons. The van der Waals surface area contributed by atoms with Gasteiger partial charge in [0.25, 0.3) is 5.91 Å². The van der Waals surface area contributed by atoms with Crippen LogP contribution in [0.3, 0.4) is 0 Å². The number of nitrogens with two attached hydrogens (primary N) is 1. The number of carbonyl (C=O) groups is 1. The summed E-state index contributed by atoms with van der Waals surface area (Å²) >= 11 is 0. The van der Waals surface area contributed by atoms with E-state index in [1.165, 1.54) is 24.0 Å². The van der Waals surface area contributed by atoms with Crippen molar-refractivity contribution in [1.29, 1.82) is 0 Å². The molecule has 6 nitrogen and oxygen atoms in total. The Kier molecular flexibility index (Phi) is 5.88. The molecular weight excluding hydrogens is 362 g/mol. The second-order valence-corrected chi connectivity index (χ2v) is 6.53. The van der Waals surface area contributed by atoms with Crippen LogP contribution in [0.2, 0.25) is 0 Å². The Labute approximate surface area is 164 Å². The highest BCUT2D eigenvalue weighted by Gasteiger charge is 2.13. The number of carbonyl (C=O) groups excluding carboxylic acids is 1. The molecule has 1 amide bonds. The van der Waals surface area contributed by atoms with E-state index in [1.54, 1.807) is 0 Å². The molecule has 0 saturated carbocycles. The quantitative estimate of drug-likeness (QED) is 0.642. The number of aryl methyl sites for hydroxylation is 2. The molecule has 0 bridgehead atoms. The van der Waals surface area contributed by atoms with Gasteiger partial charge < -0.3 is 11.1 Å². The second kappa shape index (κ2) is 8.33. The van der Waals surface area contributed by atoms with Gasteiger partial charge in [-0.1, -0.05) is 6.07 Å².